The maximum Gasteiger partial charge on any atom is 0.360 e. The molecule has 3 rings (SSSR count). The van der Waals surface area contributed by atoms with Gasteiger partial charge in [-0.1, -0.05) is 6.07 Å². The van der Waals surface area contributed by atoms with Crippen molar-refractivity contribution in [1.29, 1.82) is 0 Å². The fourth-order valence-electron chi connectivity index (χ4n) is 1.96. The van der Waals surface area contributed by atoms with Crippen LogP contribution in [0.1, 0.15) is 17.4 Å². The molecular weight excluding hydrogens is 270 g/mol. The third-order valence-electron chi connectivity index (χ3n) is 2.88. The Hall–Kier alpha value is -2.89. The number of nitrogens with one attached hydrogen (secondary N) is 1. The van der Waals surface area contributed by atoms with Gasteiger partial charge in [-0.2, -0.15) is 4.98 Å². The quantitative estimate of drug-likeness (QED) is 0.741. The number of ether oxygens (including phenoxy) is 1. The summed E-state index contributed by atoms with van der Waals surface area (Å²) >= 11 is 0. The normalized spacial score (nSPS) is 10.5. The van der Waals surface area contributed by atoms with Gasteiger partial charge in [0.25, 0.3) is 6.01 Å². The number of esters is 1. The third kappa shape index (κ3) is 2.69. The second-order valence-electron chi connectivity index (χ2n) is 4.26. The molecule has 0 unspecified atom stereocenters. The number of anilines is 2. The molecule has 0 atom stereocenters. The van der Waals surface area contributed by atoms with E-state index >= 15 is 0 Å². The Morgan fingerprint density at radius 3 is 3.10 bits per heavy atom. The van der Waals surface area contributed by atoms with E-state index in [0.717, 1.165) is 16.6 Å². The number of oxazole rings is 1. The molecule has 0 saturated heterocycles. The summed E-state index contributed by atoms with van der Waals surface area (Å²) in [5.74, 6) is -0.506. The molecular formula is C15H13N3O3. The van der Waals surface area contributed by atoms with E-state index in [4.69, 9.17) is 9.15 Å². The van der Waals surface area contributed by atoms with Crippen LogP contribution < -0.4 is 5.32 Å². The minimum Gasteiger partial charge on any atom is -0.461 e. The molecule has 6 heteroatoms. The smallest absolute Gasteiger partial charge is 0.360 e. The van der Waals surface area contributed by atoms with Gasteiger partial charge in [0.1, 0.15) is 6.26 Å². The summed E-state index contributed by atoms with van der Waals surface area (Å²) in [6.07, 6.45) is 3.00. The van der Waals surface area contributed by atoms with Crippen LogP contribution in [0.5, 0.6) is 0 Å². The van der Waals surface area contributed by atoms with Gasteiger partial charge in [-0.05, 0) is 31.2 Å². The predicted molar refractivity (Wildman–Crippen MR) is 77.5 cm³/mol. The van der Waals surface area contributed by atoms with Crippen molar-refractivity contribution in [2.24, 2.45) is 0 Å². The minimum absolute atomic E-state index is 0.137. The number of carbonyl (C=O) groups is 1. The Morgan fingerprint density at radius 1 is 1.33 bits per heavy atom. The minimum atomic E-state index is -0.506. The molecule has 21 heavy (non-hydrogen) atoms. The molecule has 0 saturated carbocycles. The van der Waals surface area contributed by atoms with Gasteiger partial charge in [0.05, 0.1) is 17.8 Å². The fraction of sp³-hybridized carbons (Fsp3) is 0.133. The lowest BCUT2D eigenvalue weighted by atomic mass is 10.2. The Morgan fingerprint density at radius 2 is 2.24 bits per heavy atom. The van der Waals surface area contributed by atoms with Gasteiger partial charge in [0.2, 0.25) is 0 Å². The third-order valence-corrected chi connectivity index (χ3v) is 2.88. The number of hydrogen-bond acceptors (Lipinski definition) is 6. The van der Waals surface area contributed by atoms with Crippen molar-refractivity contribution in [3.05, 3.63) is 48.5 Å². The van der Waals surface area contributed by atoms with E-state index in [2.05, 4.69) is 15.3 Å². The molecule has 0 radical (unpaired) electrons. The molecule has 0 aliphatic carbocycles. The molecule has 0 bridgehead atoms. The van der Waals surface area contributed by atoms with Gasteiger partial charge in [-0.25, -0.2) is 4.79 Å². The maximum absolute atomic E-state index is 11.5. The molecule has 0 amide bonds. The summed E-state index contributed by atoms with van der Waals surface area (Å²) in [4.78, 5) is 19.9. The summed E-state index contributed by atoms with van der Waals surface area (Å²) in [7, 11) is 0. The van der Waals surface area contributed by atoms with Crippen molar-refractivity contribution in [1.82, 2.24) is 9.97 Å². The summed E-state index contributed by atoms with van der Waals surface area (Å²) in [6, 6.07) is 9.72. The maximum atomic E-state index is 11.5. The van der Waals surface area contributed by atoms with Gasteiger partial charge >= 0.3 is 5.97 Å². The van der Waals surface area contributed by atoms with E-state index < -0.39 is 5.97 Å². The number of pyridine rings is 1. The van der Waals surface area contributed by atoms with Crippen molar-refractivity contribution in [3.8, 4) is 0 Å². The van der Waals surface area contributed by atoms with Crippen molar-refractivity contribution >= 4 is 28.6 Å². The largest absolute Gasteiger partial charge is 0.461 e. The van der Waals surface area contributed by atoms with E-state index in [0.29, 0.717) is 6.61 Å². The lowest BCUT2D eigenvalue weighted by Crippen LogP contribution is -2.05. The van der Waals surface area contributed by atoms with Crippen LogP contribution in [-0.2, 0) is 4.74 Å². The fourth-order valence-corrected chi connectivity index (χ4v) is 1.96. The summed E-state index contributed by atoms with van der Waals surface area (Å²) in [5, 5.41) is 3.98. The first-order valence-electron chi connectivity index (χ1n) is 6.51. The zero-order valence-corrected chi connectivity index (χ0v) is 11.4. The van der Waals surface area contributed by atoms with Crippen LogP contribution in [0.4, 0.5) is 11.7 Å². The Kier molecular flexibility index (Phi) is 3.51. The molecule has 106 valence electrons. The van der Waals surface area contributed by atoms with Crippen LogP contribution >= 0.6 is 0 Å². The van der Waals surface area contributed by atoms with Gasteiger partial charge < -0.3 is 14.5 Å². The van der Waals surface area contributed by atoms with E-state index in [-0.39, 0.29) is 11.7 Å². The van der Waals surface area contributed by atoms with Crippen LogP contribution in [0.2, 0.25) is 0 Å². The van der Waals surface area contributed by atoms with E-state index in [1.165, 1.54) is 6.26 Å². The van der Waals surface area contributed by atoms with Crippen LogP contribution in [0, 0.1) is 0 Å². The summed E-state index contributed by atoms with van der Waals surface area (Å²) < 4.78 is 10.1. The Balaban J connectivity index is 1.87. The average Bonchev–Trinajstić information content (AvgIpc) is 2.97. The first-order valence-corrected chi connectivity index (χ1v) is 6.51. The Bertz CT molecular complexity index is 777. The Labute approximate surface area is 120 Å². The van der Waals surface area contributed by atoms with Crippen molar-refractivity contribution in [3.63, 3.8) is 0 Å². The highest BCUT2D eigenvalue weighted by molar-refractivity contribution is 5.92. The molecule has 1 N–H and O–H groups in total. The summed E-state index contributed by atoms with van der Waals surface area (Å²) in [5.41, 5.74) is 1.80. The molecule has 2 aromatic heterocycles. The van der Waals surface area contributed by atoms with Crippen LogP contribution in [0.15, 0.2) is 47.2 Å². The predicted octanol–water partition coefficient (Wildman–Crippen LogP) is 3.14. The first kappa shape index (κ1) is 13.1. The second kappa shape index (κ2) is 5.62. The topological polar surface area (TPSA) is 77.2 Å². The van der Waals surface area contributed by atoms with Crippen LogP contribution in [0.3, 0.4) is 0 Å². The number of aromatic nitrogens is 2. The van der Waals surface area contributed by atoms with Crippen molar-refractivity contribution in [2.45, 2.75) is 6.92 Å². The molecule has 2 heterocycles. The highest BCUT2D eigenvalue weighted by Crippen LogP contribution is 2.24. The van der Waals surface area contributed by atoms with Gasteiger partial charge in [-0.15, -0.1) is 0 Å². The van der Waals surface area contributed by atoms with E-state index in [1.54, 1.807) is 13.1 Å². The number of rotatable bonds is 4. The molecule has 0 spiro atoms. The molecule has 3 aromatic rings. The number of benzene rings is 1. The number of fused-ring (bicyclic) bond motifs is 1. The SMILES string of the molecule is CCOC(=O)c1coc(Nc2cccc3ncccc23)n1. The number of hydrogen-bond donors (Lipinski definition) is 1. The zero-order valence-electron chi connectivity index (χ0n) is 11.4. The number of carbonyl (C=O) groups excluding carboxylic acids is 1. The lowest BCUT2D eigenvalue weighted by molar-refractivity contribution is 0.0519. The standard InChI is InChI=1S/C15H13N3O3/c1-2-20-14(19)13-9-21-15(18-13)17-12-7-3-6-11-10(12)5-4-8-16-11/h3-9H,2H2,1H3,(H,17,18). The van der Waals surface area contributed by atoms with Gasteiger partial charge in [-0.3, -0.25) is 4.98 Å². The molecule has 1 aromatic carbocycles. The van der Waals surface area contributed by atoms with E-state index in [1.807, 2.05) is 30.3 Å². The van der Waals surface area contributed by atoms with Crippen LogP contribution in [0.25, 0.3) is 10.9 Å². The zero-order chi connectivity index (χ0) is 14.7. The highest BCUT2D eigenvalue weighted by Gasteiger charge is 2.13. The molecule has 6 nitrogen and oxygen atoms in total. The van der Waals surface area contributed by atoms with Crippen molar-refractivity contribution in [2.75, 3.05) is 11.9 Å². The molecule has 0 aliphatic rings. The van der Waals surface area contributed by atoms with E-state index in [9.17, 15) is 4.79 Å². The second-order valence-corrected chi connectivity index (χ2v) is 4.26. The van der Waals surface area contributed by atoms with Gasteiger partial charge in [0, 0.05) is 11.6 Å². The summed E-state index contributed by atoms with van der Waals surface area (Å²) in [6.45, 7) is 2.03. The molecule has 0 fully saturated rings. The highest BCUT2D eigenvalue weighted by atomic mass is 16.5. The first-order chi connectivity index (χ1) is 10.3. The monoisotopic (exact) mass is 283 g/mol. The van der Waals surface area contributed by atoms with Crippen molar-refractivity contribution < 1.29 is 13.9 Å². The average molecular weight is 283 g/mol. The lowest BCUT2D eigenvalue weighted by Gasteiger charge is -2.05. The molecule has 0 aliphatic heterocycles. The van der Waals surface area contributed by atoms with Gasteiger partial charge in [0.15, 0.2) is 5.69 Å². The number of nitrogens with zero attached hydrogens (tertiary/aromatic N) is 2. The van der Waals surface area contributed by atoms with Crippen LogP contribution in [-0.4, -0.2) is 22.5 Å².